The maximum Gasteiger partial charge on any atom is 0.328 e. The normalized spacial score (nSPS) is 19.6. The van der Waals surface area contributed by atoms with Crippen LogP contribution in [-0.4, -0.2) is 81.3 Å². The molecule has 158 valence electrons. The summed E-state index contributed by atoms with van der Waals surface area (Å²) in [5.74, 6) is -1.82. The Balaban J connectivity index is 0.000000321. The van der Waals surface area contributed by atoms with Crippen LogP contribution in [0.2, 0.25) is 0 Å². The summed E-state index contributed by atoms with van der Waals surface area (Å²) in [5.41, 5.74) is 0.940. The predicted molar refractivity (Wildman–Crippen MR) is 112 cm³/mol. The van der Waals surface area contributed by atoms with Gasteiger partial charge in [-0.25, -0.2) is 14.6 Å². The van der Waals surface area contributed by atoms with E-state index in [1.165, 1.54) is 32.4 Å². The Kier molecular flexibility index (Phi) is 9.01. The molecule has 8 nitrogen and oxygen atoms in total. The lowest BCUT2D eigenvalue weighted by atomic mass is 10.1. The molecule has 1 atom stereocenters. The third-order valence-electron chi connectivity index (χ3n) is 4.69. The summed E-state index contributed by atoms with van der Waals surface area (Å²) in [6, 6.07) is 3.91. The zero-order chi connectivity index (χ0) is 21.2. The zero-order valence-corrected chi connectivity index (χ0v) is 17.3. The van der Waals surface area contributed by atoms with Crippen LogP contribution in [0.3, 0.4) is 0 Å². The van der Waals surface area contributed by atoms with E-state index in [0.29, 0.717) is 18.0 Å². The minimum Gasteiger partial charge on any atom is -0.478 e. The molecule has 1 aromatic rings. The molecule has 9 heteroatoms. The van der Waals surface area contributed by atoms with Crippen molar-refractivity contribution in [1.29, 1.82) is 0 Å². The number of carboxylic acid groups (broad SMARTS) is 2. The van der Waals surface area contributed by atoms with Gasteiger partial charge in [-0.1, -0.05) is 18.6 Å². The van der Waals surface area contributed by atoms with Gasteiger partial charge in [-0.15, -0.1) is 0 Å². The number of hydrogen-bond acceptors (Lipinski definition) is 6. The number of nitrogens with zero attached hydrogens (tertiary/aromatic N) is 3. The summed E-state index contributed by atoms with van der Waals surface area (Å²) in [6.45, 7) is 4.40. The van der Waals surface area contributed by atoms with Gasteiger partial charge in [0.1, 0.15) is 11.1 Å². The van der Waals surface area contributed by atoms with E-state index in [1.807, 2.05) is 19.2 Å². The van der Waals surface area contributed by atoms with Crippen LogP contribution < -0.4 is 4.74 Å². The predicted octanol–water partition coefficient (Wildman–Crippen LogP) is 2.04. The molecular formula is C20H27N3O5S. The molecule has 2 N–H and O–H groups in total. The number of likely N-dealkylation sites (tertiary alicyclic amines) is 1. The van der Waals surface area contributed by atoms with Crippen molar-refractivity contribution in [3.05, 3.63) is 36.0 Å². The summed E-state index contributed by atoms with van der Waals surface area (Å²) in [5, 5.41) is 15.6. The van der Waals surface area contributed by atoms with E-state index in [4.69, 9.17) is 27.2 Å². The highest BCUT2D eigenvalue weighted by molar-refractivity contribution is 7.80. The molecule has 1 unspecified atom stereocenters. The highest BCUT2D eigenvalue weighted by Gasteiger charge is 2.25. The number of pyridine rings is 1. The molecule has 1 saturated heterocycles. The molecule has 0 saturated carbocycles. The fourth-order valence-corrected chi connectivity index (χ4v) is 3.47. The number of aromatic nitrogens is 1. The van der Waals surface area contributed by atoms with Crippen LogP contribution in [-0.2, 0) is 9.59 Å². The Hall–Kier alpha value is -2.52. The maximum absolute atomic E-state index is 9.55. The van der Waals surface area contributed by atoms with Crippen LogP contribution in [0.25, 0.3) is 0 Å². The van der Waals surface area contributed by atoms with Crippen molar-refractivity contribution >= 4 is 29.1 Å². The first-order chi connectivity index (χ1) is 13.9. The van der Waals surface area contributed by atoms with Crippen molar-refractivity contribution in [2.75, 3.05) is 33.2 Å². The van der Waals surface area contributed by atoms with Gasteiger partial charge in [-0.05, 0) is 44.5 Å². The zero-order valence-electron chi connectivity index (χ0n) is 16.5. The van der Waals surface area contributed by atoms with Gasteiger partial charge >= 0.3 is 11.9 Å². The number of piperidine rings is 1. The summed E-state index contributed by atoms with van der Waals surface area (Å²) >= 11 is 5.53. The minimum atomic E-state index is -1.26. The number of ether oxygens (including phenoxy) is 1. The number of carboxylic acids is 2. The van der Waals surface area contributed by atoms with E-state index in [2.05, 4.69) is 14.8 Å². The average Bonchev–Trinajstić information content (AvgIpc) is 2.83. The Morgan fingerprint density at radius 2 is 1.90 bits per heavy atom. The summed E-state index contributed by atoms with van der Waals surface area (Å²) in [7, 11) is 2.04. The van der Waals surface area contributed by atoms with E-state index in [0.717, 1.165) is 30.1 Å². The molecule has 0 aromatic carbocycles. The van der Waals surface area contributed by atoms with E-state index < -0.39 is 11.9 Å². The number of aliphatic carboxylic acids is 2. The van der Waals surface area contributed by atoms with Crippen LogP contribution >= 0.6 is 12.2 Å². The highest BCUT2D eigenvalue weighted by atomic mass is 32.1. The monoisotopic (exact) mass is 421 g/mol. The fourth-order valence-electron chi connectivity index (χ4n) is 3.24. The third kappa shape index (κ3) is 7.78. The van der Waals surface area contributed by atoms with Crippen LogP contribution in [0.1, 0.15) is 31.2 Å². The lowest BCUT2D eigenvalue weighted by Crippen LogP contribution is -2.37. The first-order valence-electron chi connectivity index (χ1n) is 9.60. The summed E-state index contributed by atoms with van der Waals surface area (Å²) in [6.07, 6.45) is 8.12. The molecular weight excluding hydrogens is 394 g/mol. The molecule has 3 heterocycles. The second-order valence-corrected chi connectivity index (χ2v) is 7.37. The first kappa shape index (κ1) is 22.8. The smallest absolute Gasteiger partial charge is 0.328 e. The second kappa shape index (κ2) is 11.5. The van der Waals surface area contributed by atoms with Gasteiger partial charge in [0.05, 0.1) is 12.1 Å². The van der Waals surface area contributed by atoms with Crippen LogP contribution in [0, 0.1) is 0 Å². The van der Waals surface area contributed by atoms with Crippen LogP contribution in [0.4, 0.5) is 0 Å². The van der Waals surface area contributed by atoms with Gasteiger partial charge in [0.15, 0.2) is 0 Å². The van der Waals surface area contributed by atoms with Crippen molar-refractivity contribution in [3.63, 3.8) is 0 Å². The molecule has 29 heavy (non-hydrogen) atoms. The topological polar surface area (TPSA) is 103 Å². The Morgan fingerprint density at radius 1 is 1.24 bits per heavy atom. The molecule has 0 bridgehead atoms. The van der Waals surface area contributed by atoms with Crippen molar-refractivity contribution in [2.45, 2.75) is 31.8 Å². The Morgan fingerprint density at radius 3 is 2.52 bits per heavy atom. The third-order valence-corrected chi connectivity index (χ3v) is 5.22. The van der Waals surface area contributed by atoms with Gasteiger partial charge in [-0.3, -0.25) is 0 Å². The molecule has 1 fully saturated rings. The van der Waals surface area contributed by atoms with Gasteiger partial charge < -0.3 is 24.7 Å². The molecule has 0 aliphatic carbocycles. The van der Waals surface area contributed by atoms with E-state index in [1.54, 1.807) is 6.20 Å². The molecule has 2 aliphatic rings. The van der Waals surface area contributed by atoms with Gasteiger partial charge in [0.2, 0.25) is 5.88 Å². The number of rotatable bonds is 5. The van der Waals surface area contributed by atoms with Crippen LogP contribution in [0.5, 0.6) is 5.88 Å². The van der Waals surface area contributed by atoms with E-state index >= 15 is 0 Å². The largest absolute Gasteiger partial charge is 0.478 e. The van der Waals surface area contributed by atoms with E-state index in [9.17, 15) is 9.59 Å². The number of fused-ring (bicyclic) bond motifs is 1. The highest BCUT2D eigenvalue weighted by Crippen LogP contribution is 2.23. The molecule has 1 aromatic heterocycles. The number of likely N-dealkylation sites (N-methyl/N-ethyl adjacent to an activating group) is 1. The fraction of sp³-hybridized carbons (Fsp3) is 0.500. The Bertz CT molecular complexity index is 733. The van der Waals surface area contributed by atoms with Crippen LogP contribution in [0.15, 0.2) is 30.5 Å². The number of carbonyl (C=O) groups is 2. The van der Waals surface area contributed by atoms with Crippen molar-refractivity contribution in [1.82, 2.24) is 14.8 Å². The van der Waals surface area contributed by atoms with Crippen molar-refractivity contribution in [3.8, 4) is 5.88 Å². The standard InChI is InChI=1S/C16H23N3OS.C4H4O4/c1-18-12-13(7-11-19-9-3-2-4-10-19)20-15-14(16(18)21)6-5-8-17-15;5-3(6)1-2-4(7)8/h5-6,8,13H,2-4,7,9-12H2,1H3;1-2H,(H,5,6)(H,7,8)/b;2-1+. The van der Waals surface area contributed by atoms with Gasteiger partial charge in [0.25, 0.3) is 0 Å². The van der Waals surface area contributed by atoms with E-state index in [-0.39, 0.29) is 6.10 Å². The molecule has 3 rings (SSSR count). The van der Waals surface area contributed by atoms with Crippen molar-refractivity contribution in [2.24, 2.45) is 0 Å². The average molecular weight is 422 g/mol. The maximum atomic E-state index is 9.55. The molecule has 0 amide bonds. The minimum absolute atomic E-state index is 0.158. The number of thiocarbonyl (C=S) groups is 1. The summed E-state index contributed by atoms with van der Waals surface area (Å²) < 4.78 is 6.12. The lowest BCUT2D eigenvalue weighted by molar-refractivity contribution is -0.134. The number of hydrogen-bond donors (Lipinski definition) is 2. The first-order valence-corrected chi connectivity index (χ1v) is 10.0. The quantitative estimate of drug-likeness (QED) is 0.546. The van der Waals surface area contributed by atoms with Gasteiger partial charge in [-0.2, -0.15) is 0 Å². The Labute approximate surface area is 175 Å². The summed E-state index contributed by atoms with van der Waals surface area (Å²) in [4.78, 5) is 29.0. The molecule has 0 spiro atoms. The lowest BCUT2D eigenvalue weighted by Gasteiger charge is -2.28. The SMILES string of the molecule is CN1CC(CCN2CCCCC2)Oc2ncccc2C1=S.O=C(O)/C=C/C(=O)O. The van der Waals surface area contributed by atoms with Crippen molar-refractivity contribution < 1.29 is 24.5 Å². The molecule has 0 radical (unpaired) electrons. The molecule has 2 aliphatic heterocycles. The van der Waals surface area contributed by atoms with Gasteiger partial charge in [0, 0.05) is 31.9 Å². The second-order valence-electron chi connectivity index (χ2n) is 6.98.